The second-order valence-electron chi connectivity index (χ2n) is 5.69. The lowest BCUT2D eigenvalue weighted by atomic mass is 9.98. The maximum Gasteiger partial charge on any atom is 0.261 e. The number of anilines is 1. The van der Waals surface area contributed by atoms with Crippen LogP contribution in [0.25, 0.3) is 0 Å². The molecule has 0 radical (unpaired) electrons. The zero-order valence-electron chi connectivity index (χ0n) is 12.2. The van der Waals surface area contributed by atoms with Crippen LogP contribution in [0.1, 0.15) is 24.0 Å². The summed E-state index contributed by atoms with van der Waals surface area (Å²) < 4.78 is 27.2. The van der Waals surface area contributed by atoms with Crippen molar-refractivity contribution in [2.45, 2.75) is 30.1 Å². The highest BCUT2D eigenvalue weighted by molar-refractivity contribution is 7.92. The van der Waals surface area contributed by atoms with E-state index < -0.39 is 10.0 Å². The Morgan fingerprint density at radius 1 is 1.05 bits per heavy atom. The predicted octanol–water partition coefficient (Wildman–Crippen LogP) is 3.35. The number of rotatable bonds is 4. The van der Waals surface area contributed by atoms with Crippen molar-refractivity contribution < 1.29 is 8.42 Å². The van der Waals surface area contributed by atoms with E-state index >= 15 is 0 Å². The van der Waals surface area contributed by atoms with Gasteiger partial charge in [-0.1, -0.05) is 29.8 Å². The first-order valence-electron chi connectivity index (χ1n) is 7.07. The van der Waals surface area contributed by atoms with Crippen LogP contribution in [0.4, 0.5) is 5.69 Å². The van der Waals surface area contributed by atoms with Gasteiger partial charge in [0.25, 0.3) is 10.0 Å². The highest BCUT2D eigenvalue weighted by Gasteiger charge is 2.44. The Labute approximate surface area is 130 Å². The van der Waals surface area contributed by atoms with Gasteiger partial charge in [0.05, 0.1) is 16.4 Å². The van der Waals surface area contributed by atoms with Crippen LogP contribution in [0.15, 0.2) is 53.4 Å². The molecule has 4 nitrogen and oxygen atoms in total. The van der Waals surface area contributed by atoms with Gasteiger partial charge in [-0.15, -0.1) is 0 Å². The Balaban J connectivity index is 1.81. The molecule has 1 N–H and O–H groups in total. The van der Waals surface area contributed by atoms with Crippen LogP contribution < -0.4 is 4.72 Å². The topological polar surface area (TPSA) is 70.0 Å². The second-order valence-corrected chi connectivity index (χ2v) is 7.37. The second kappa shape index (κ2) is 5.15. The molecule has 1 fully saturated rings. The van der Waals surface area contributed by atoms with E-state index in [4.69, 9.17) is 0 Å². The molecule has 0 amide bonds. The largest absolute Gasteiger partial charge is 0.280 e. The summed E-state index contributed by atoms with van der Waals surface area (Å²) in [4.78, 5) is 0.234. The number of nitrogens with zero attached hydrogens (tertiary/aromatic N) is 1. The van der Waals surface area contributed by atoms with Crippen molar-refractivity contribution >= 4 is 15.7 Å². The van der Waals surface area contributed by atoms with Crippen molar-refractivity contribution in [3.05, 3.63) is 59.7 Å². The van der Waals surface area contributed by atoms with Crippen molar-refractivity contribution in [3.63, 3.8) is 0 Å². The average molecular weight is 312 g/mol. The molecule has 22 heavy (non-hydrogen) atoms. The van der Waals surface area contributed by atoms with Crippen molar-refractivity contribution in [1.82, 2.24) is 0 Å². The average Bonchev–Trinajstić information content (AvgIpc) is 3.29. The number of benzene rings is 2. The van der Waals surface area contributed by atoms with Gasteiger partial charge in [0.2, 0.25) is 0 Å². The first-order valence-corrected chi connectivity index (χ1v) is 8.55. The summed E-state index contributed by atoms with van der Waals surface area (Å²) in [7, 11) is -3.58. The molecule has 3 rings (SSSR count). The molecule has 0 bridgehead atoms. The monoisotopic (exact) mass is 312 g/mol. The molecule has 1 aliphatic rings. The lowest BCUT2D eigenvalue weighted by Gasteiger charge is -2.10. The van der Waals surface area contributed by atoms with Crippen LogP contribution in [-0.4, -0.2) is 8.42 Å². The summed E-state index contributed by atoms with van der Waals surface area (Å²) in [6.07, 6.45) is 1.75. The van der Waals surface area contributed by atoms with Crippen molar-refractivity contribution in [2.24, 2.45) is 0 Å². The van der Waals surface area contributed by atoms with Crippen LogP contribution in [0.2, 0.25) is 0 Å². The maximum atomic E-state index is 12.3. The van der Waals surface area contributed by atoms with Gasteiger partial charge in [-0.05, 0) is 49.6 Å². The minimum atomic E-state index is -3.58. The van der Waals surface area contributed by atoms with Gasteiger partial charge in [-0.25, -0.2) is 8.42 Å². The van der Waals surface area contributed by atoms with Gasteiger partial charge in [-0.2, -0.15) is 5.26 Å². The number of aryl methyl sites for hydroxylation is 1. The Morgan fingerprint density at radius 2 is 1.64 bits per heavy atom. The fraction of sp³-hybridized carbons (Fsp3) is 0.235. The molecule has 0 spiro atoms. The van der Waals surface area contributed by atoms with E-state index in [0.717, 1.165) is 24.0 Å². The smallest absolute Gasteiger partial charge is 0.261 e. The third-order valence-electron chi connectivity index (χ3n) is 3.99. The predicted molar refractivity (Wildman–Crippen MR) is 85.0 cm³/mol. The van der Waals surface area contributed by atoms with Gasteiger partial charge >= 0.3 is 0 Å². The van der Waals surface area contributed by atoms with E-state index in [9.17, 15) is 13.7 Å². The molecule has 1 saturated carbocycles. The van der Waals surface area contributed by atoms with Crippen LogP contribution in [0.5, 0.6) is 0 Å². The van der Waals surface area contributed by atoms with E-state index in [0.29, 0.717) is 5.69 Å². The van der Waals surface area contributed by atoms with Crippen LogP contribution >= 0.6 is 0 Å². The van der Waals surface area contributed by atoms with E-state index in [1.54, 1.807) is 36.4 Å². The number of nitrogens with one attached hydrogen (secondary N) is 1. The van der Waals surface area contributed by atoms with E-state index in [1.807, 2.05) is 19.1 Å². The Kier molecular flexibility index (Phi) is 3.42. The van der Waals surface area contributed by atoms with Gasteiger partial charge in [0.15, 0.2) is 0 Å². The number of hydrogen-bond donors (Lipinski definition) is 1. The quantitative estimate of drug-likeness (QED) is 0.941. The highest BCUT2D eigenvalue weighted by Crippen LogP contribution is 2.47. The third-order valence-corrected chi connectivity index (χ3v) is 5.38. The Hall–Kier alpha value is -2.32. The molecule has 0 saturated heterocycles. The van der Waals surface area contributed by atoms with Crippen molar-refractivity contribution in [1.29, 1.82) is 5.26 Å². The fourth-order valence-electron chi connectivity index (χ4n) is 2.38. The Morgan fingerprint density at radius 3 is 2.14 bits per heavy atom. The fourth-order valence-corrected chi connectivity index (χ4v) is 3.44. The summed E-state index contributed by atoms with van der Waals surface area (Å²) in [5.74, 6) is 0. The van der Waals surface area contributed by atoms with Gasteiger partial charge in [-0.3, -0.25) is 4.72 Å². The number of nitriles is 1. The van der Waals surface area contributed by atoms with Gasteiger partial charge < -0.3 is 0 Å². The molecule has 2 aromatic carbocycles. The van der Waals surface area contributed by atoms with E-state index in [2.05, 4.69) is 10.8 Å². The Bertz CT molecular complexity index is 828. The van der Waals surface area contributed by atoms with E-state index in [-0.39, 0.29) is 10.3 Å². The number of sulfonamides is 1. The zero-order chi connectivity index (χ0) is 15.8. The third kappa shape index (κ3) is 2.70. The molecule has 0 heterocycles. The summed E-state index contributed by atoms with van der Waals surface area (Å²) in [5, 5.41) is 9.18. The SMILES string of the molecule is Cc1ccc(S(=O)(=O)Nc2ccc(C3(C#N)CC3)cc2)cc1. The van der Waals surface area contributed by atoms with Crippen LogP contribution in [0.3, 0.4) is 0 Å². The standard InChI is InChI=1S/C17H16N2O2S/c1-13-2-8-16(9-3-13)22(20,21)19-15-6-4-14(5-7-15)17(12-18)10-11-17/h2-9,19H,10-11H2,1H3. The van der Waals surface area contributed by atoms with Gasteiger partial charge in [0.1, 0.15) is 0 Å². The lowest BCUT2D eigenvalue weighted by Crippen LogP contribution is -2.13. The molecule has 1 aliphatic carbocycles. The molecule has 112 valence electrons. The summed E-state index contributed by atoms with van der Waals surface area (Å²) in [5.41, 5.74) is 2.11. The van der Waals surface area contributed by atoms with E-state index in [1.165, 1.54) is 0 Å². The molecular weight excluding hydrogens is 296 g/mol. The zero-order valence-corrected chi connectivity index (χ0v) is 13.0. The minimum absolute atomic E-state index is 0.234. The summed E-state index contributed by atoms with van der Waals surface area (Å²) in [6, 6.07) is 16.1. The maximum absolute atomic E-state index is 12.3. The normalized spacial score (nSPS) is 15.8. The molecule has 0 atom stereocenters. The first kappa shape index (κ1) is 14.6. The molecule has 0 aromatic heterocycles. The molecule has 2 aromatic rings. The molecule has 5 heteroatoms. The molecular formula is C17H16N2O2S. The molecule has 0 unspecified atom stereocenters. The van der Waals surface area contributed by atoms with Gasteiger partial charge in [0, 0.05) is 5.69 Å². The minimum Gasteiger partial charge on any atom is -0.280 e. The van der Waals surface area contributed by atoms with Crippen molar-refractivity contribution in [3.8, 4) is 6.07 Å². The molecule has 0 aliphatic heterocycles. The van der Waals surface area contributed by atoms with Crippen LogP contribution in [0, 0.1) is 18.3 Å². The first-order chi connectivity index (χ1) is 10.5. The lowest BCUT2D eigenvalue weighted by molar-refractivity contribution is 0.601. The van der Waals surface area contributed by atoms with Crippen molar-refractivity contribution in [2.75, 3.05) is 4.72 Å². The summed E-state index contributed by atoms with van der Waals surface area (Å²) >= 11 is 0. The highest BCUT2D eigenvalue weighted by atomic mass is 32.2. The van der Waals surface area contributed by atoms with Crippen LogP contribution in [-0.2, 0) is 15.4 Å². The number of hydrogen-bond acceptors (Lipinski definition) is 3. The summed E-state index contributed by atoms with van der Waals surface area (Å²) in [6.45, 7) is 1.91.